The molecule has 5 nitrogen and oxygen atoms in total. The van der Waals surface area contributed by atoms with Crippen LogP contribution in [0.25, 0.3) is 0 Å². The summed E-state index contributed by atoms with van der Waals surface area (Å²) in [5, 5.41) is 0. The molecular weight excluding hydrogens is 594 g/mol. The van der Waals surface area contributed by atoms with Gasteiger partial charge in [-0.15, -0.1) is 0 Å². The van der Waals surface area contributed by atoms with Crippen molar-refractivity contribution in [3.05, 3.63) is 58.9 Å². The number of alkyl halides is 4. The van der Waals surface area contributed by atoms with Gasteiger partial charge in [-0.3, -0.25) is 9.59 Å². The van der Waals surface area contributed by atoms with Crippen molar-refractivity contribution in [2.75, 3.05) is 13.1 Å². The smallest absolute Gasteiger partial charge is 0.339 e. The number of aromatic nitrogens is 1. The van der Waals surface area contributed by atoms with Crippen molar-refractivity contribution in [3.8, 4) is 0 Å². The molecule has 1 aromatic carbocycles. The highest BCUT2D eigenvalue weighted by atomic mass is 127. The van der Waals surface area contributed by atoms with E-state index in [-0.39, 0.29) is 12.5 Å². The second-order valence-corrected chi connectivity index (χ2v) is 13.3. The molecule has 1 saturated carbocycles. The number of nitrogens with two attached hydrogens (primary N) is 1. The van der Waals surface area contributed by atoms with Crippen LogP contribution in [-0.2, 0) is 9.97 Å². The number of Topliss-reactive ketones (excluding diaryl/α,β-unsaturated/α-hetero) is 1. The van der Waals surface area contributed by atoms with Gasteiger partial charge < -0.3 is 15.2 Å². The Hall–Kier alpha value is -1.88. The summed E-state index contributed by atoms with van der Waals surface area (Å²) >= 11 is 2.28. The lowest BCUT2D eigenvalue weighted by molar-refractivity contribution is -0.0891. The van der Waals surface area contributed by atoms with E-state index in [4.69, 9.17) is 5.73 Å². The largest absolute Gasteiger partial charge is 0.456 e. The Morgan fingerprint density at radius 3 is 2.14 bits per heavy atom. The predicted octanol–water partition coefficient (Wildman–Crippen LogP) is 6.58. The fraction of sp³-hybridized carbons (Fsp3) is 0.571. The van der Waals surface area contributed by atoms with E-state index in [1.807, 2.05) is 17.0 Å². The number of carbonyl (C=O) groups is 2. The standard InChI is InChI=1S/C28H35F3IN3O2/c1-26(2,33)18-35-22(24(36)28(29,30)31)12-13-23(35)27(32)14-16-34(17-15-27)25(37)21-10-8-20(9-11-21)19-6-4-3-5-7-19/h8-13,19H,3-7,14-18,33H2,1-2H3. The second-order valence-electron chi connectivity index (χ2n) is 11.2. The summed E-state index contributed by atoms with van der Waals surface area (Å²) in [7, 11) is 0. The van der Waals surface area contributed by atoms with Gasteiger partial charge in [-0.2, -0.15) is 13.2 Å². The molecule has 2 fully saturated rings. The maximum atomic E-state index is 13.3. The minimum Gasteiger partial charge on any atom is -0.339 e. The number of amides is 1. The van der Waals surface area contributed by atoms with E-state index in [0.717, 1.165) is 0 Å². The maximum absolute atomic E-state index is 13.3. The Kier molecular flexibility index (Phi) is 8.14. The first-order valence-electron chi connectivity index (χ1n) is 13.0. The van der Waals surface area contributed by atoms with Gasteiger partial charge in [0.2, 0.25) is 0 Å². The Morgan fingerprint density at radius 1 is 1.00 bits per heavy atom. The molecule has 1 aliphatic heterocycles. The van der Waals surface area contributed by atoms with Gasteiger partial charge >= 0.3 is 6.18 Å². The summed E-state index contributed by atoms with van der Waals surface area (Å²) in [4.78, 5) is 27.2. The Morgan fingerprint density at radius 2 is 1.59 bits per heavy atom. The average molecular weight is 630 g/mol. The van der Waals surface area contributed by atoms with Crippen molar-refractivity contribution < 1.29 is 22.8 Å². The van der Waals surface area contributed by atoms with Crippen LogP contribution >= 0.6 is 22.6 Å². The molecule has 2 aliphatic rings. The number of likely N-dealkylation sites (tertiary alicyclic amines) is 1. The highest BCUT2D eigenvalue weighted by molar-refractivity contribution is 14.1. The zero-order valence-corrected chi connectivity index (χ0v) is 23.6. The Balaban J connectivity index is 1.49. The predicted molar refractivity (Wildman–Crippen MR) is 146 cm³/mol. The number of nitrogens with zero attached hydrogens (tertiary/aromatic N) is 2. The number of ketones is 1. The SMILES string of the molecule is CC(C)(N)Cn1c(C(=O)C(F)(F)F)ccc1C1(I)CCN(C(=O)c2ccc(C3CCCCC3)cc2)CC1. The summed E-state index contributed by atoms with van der Waals surface area (Å²) in [5.74, 6) is -1.32. The molecule has 1 amide bonds. The van der Waals surface area contributed by atoms with Crippen LogP contribution in [0.4, 0.5) is 13.2 Å². The number of hydrogen-bond donors (Lipinski definition) is 1. The van der Waals surface area contributed by atoms with E-state index in [9.17, 15) is 22.8 Å². The molecule has 4 rings (SSSR count). The molecule has 0 unspecified atom stereocenters. The second kappa shape index (κ2) is 10.7. The molecule has 9 heteroatoms. The quantitative estimate of drug-likeness (QED) is 0.223. The van der Waals surface area contributed by atoms with Crippen molar-refractivity contribution in [1.82, 2.24) is 9.47 Å². The molecule has 0 spiro atoms. The zero-order valence-electron chi connectivity index (χ0n) is 21.4. The highest BCUT2D eigenvalue weighted by Gasteiger charge is 2.44. The van der Waals surface area contributed by atoms with Crippen LogP contribution in [-0.4, -0.2) is 46.0 Å². The summed E-state index contributed by atoms with van der Waals surface area (Å²) in [5.41, 5.74) is 7.55. The number of hydrogen-bond acceptors (Lipinski definition) is 3. The van der Waals surface area contributed by atoms with Gasteiger partial charge in [-0.1, -0.05) is 54.0 Å². The van der Waals surface area contributed by atoms with Crippen molar-refractivity contribution in [1.29, 1.82) is 0 Å². The van der Waals surface area contributed by atoms with E-state index >= 15 is 0 Å². The first kappa shape index (κ1) is 28.1. The van der Waals surface area contributed by atoms with E-state index in [1.54, 1.807) is 19.9 Å². The van der Waals surface area contributed by atoms with Crippen LogP contribution < -0.4 is 5.73 Å². The van der Waals surface area contributed by atoms with Crippen LogP contribution in [0.2, 0.25) is 0 Å². The number of carbonyl (C=O) groups excluding carboxylic acids is 2. The van der Waals surface area contributed by atoms with Crippen LogP contribution in [0.5, 0.6) is 0 Å². The van der Waals surface area contributed by atoms with Crippen LogP contribution in [0.15, 0.2) is 36.4 Å². The van der Waals surface area contributed by atoms with Gasteiger partial charge in [0.15, 0.2) is 0 Å². The molecule has 1 aromatic heterocycles. The summed E-state index contributed by atoms with van der Waals surface area (Å²) in [6, 6.07) is 10.9. The van der Waals surface area contributed by atoms with Crippen molar-refractivity contribution in [2.45, 2.75) is 86.4 Å². The van der Waals surface area contributed by atoms with Gasteiger partial charge in [-0.05, 0) is 75.3 Å². The van der Waals surface area contributed by atoms with Crippen molar-refractivity contribution in [2.24, 2.45) is 5.73 Å². The van der Waals surface area contributed by atoms with E-state index in [1.165, 1.54) is 48.3 Å². The lowest BCUT2D eigenvalue weighted by atomic mass is 9.84. The number of rotatable bonds is 6. The molecular formula is C28H35F3IN3O2. The molecule has 37 heavy (non-hydrogen) atoms. The van der Waals surface area contributed by atoms with E-state index < -0.39 is 26.6 Å². The van der Waals surface area contributed by atoms with Crippen LogP contribution in [0, 0.1) is 0 Å². The molecule has 0 atom stereocenters. The fourth-order valence-electron chi connectivity index (χ4n) is 5.62. The Labute approximate surface area is 230 Å². The molecule has 0 radical (unpaired) electrons. The van der Waals surface area contributed by atoms with Gasteiger partial charge in [0.1, 0.15) is 0 Å². The third-order valence-electron chi connectivity index (χ3n) is 7.57. The fourth-order valence-corrected chi connectivity index (χ4v) is 6.57. The number of halogens is 4. The maximum Gasteiger partial charge on any atom is 0.456 e. The summed E-state index contributed by atoms with van der Waals surface area (Å²) < 4.78 is 40.8. The number of benzene rings is 1. The molecule has 2 N–H and O–H groups in total. The third kappa shape index (κ3) is 6.41. The minimum absolute atomic E-state index is 0.0277. The summed E-state index contributed by atoms with van der Waals surface area (Å²) in [6.07, 6.45) is 2.39. The lowest BCUT2D eigenvalue weighted by Crippen LogP contribution is -2.45. The van der Waals surface area contributed by atoms with Gasteiger partial charge in [-0.25, -0.2) is 0 Å². The monoisotopic (exact) mass is 629 g/mol. The lowest BCUT2D eigenvalue weighted by Gasteiger charge is -2.39. The first-order valence-corrected chi connectivity index (χ1v) is 14.0. The van der Waals surface area contributed by atoms with Crippen molar-refractivity contribution in [3.63, 3.8) is 0 Å². The van der Waals surface area contributed by atoms with E-state index in [2.05, 4.69) is 34.7 Å². The topological polar surface area (TPSA) is 68.3 Å². The third-order valence-corrected chi connectivity index (χ3v) is 9.20. The first-order chi connectivity index (χ1) is 17.3. The minimum atomic E-state index is -4.97. The van der Waals surface area contributed by atoms with Crippen LogP contribution in [0.3, 0.4) is 0 Å². The van der Waals surface area contributed by atoms with Gasteiger partial charge in [0, 0.05) is 36.4 Å². The van der Waals surface area contributed by atoms with Gasteiger partial charge in [0.05, 0.1) is 9.12 Å². The number of piperidine rings is 1. The molecule has 2 aromatic rings. The molecule has 2 heterocycles. The van der Waals surface area contributed by atoms with E-state index in [0.29, 0.717) is 43.1 Å². The molecule has 202 valence electrons. The van der Waals surface area contributed by atoms with Gasteiger partial charge in [0.25, 0.3) is 11.7 Å². The molecule has 1 saturated heterocycles. The summed E-state index contributed by atoms with van der Waals surface area (Å²) in [6.45, 7) is 4.48. The highest BCUT2D eigenvalue weighted by Crippen LogP contribution is 2.44. The normalized spacial score (nSPS) is 19.2. The van der Waals surface area contributed by atoms with Crippen molar-refractivity contribution >= 4 is 34.3 Å². The zero-order chi connectivity index (χ0) is 27.0. The molecule has 1 aliphatic carbocycles. The average Bonchev–Trinajstić information content (AvgIpc) is 3.26. The molecule has 0 bridgehead atoms. The Bertz CT molecular complexity index is 1120. The van der Waals surface area contributed by atoms with Crippen LogP contribution in [0.1, 0.15) is 96.8 Å².